The number of carbonyl (C=O) groups excluding carboxylic acids is 2. The van der Waals surface area contributed by atoms with Crippen LogP contribution in [0, 0.1) is 40.4 Å². The summed E-state index contributed by atoms with van der Waals surface area (Å²) in [5.41, 5.74) is -0.224. The molecule has 55 heavy (non-hydrogen) atoms. The first-order valence-electron chi connectivity index (χ1n) is 18.2. The van der Waals surface area contributed by atoms with Crippen LogP contribution in [0.25, 0.3) is 0 Å². The maximum Gasteiger partial charge on any atom is 0.306 e. The highest BCUT2D eigenvalue weighted by atomic mass is 32.2. The van der Waals surface area contributed by atoms with Crippen LogP contribution in [0.1, 0.15) is 85.0 Å². The van der Waals surface area contributed by atoms with Gasteiger partial charge in [0.25, 0.3) is 0 Å². The van der Waals surface area contributed by atoms with Crippen LogP contribution in [0.15, 0.2) is 12.2 Å². The first-order valence-corrected chi connectivity index (χ1v) is 19.5. The zero-order valence-corrected chi connectivity index (χ0v) is 32.2. The highest BCUT2D eigenvalue weighted by Crippen LogP contribution is 2.70. The van der Waals surface area contributed by atoms with E-state index in [2.05, 4.69) is 32.2 Å². The predicted octanol–water partition coefficient (Wildman–Crippen LogP) is 2.05. The highest BCUT2D eigenvalue weighted by molar-refractivity contribution is 7.90. The maximum absolute atomic E-state index is 13.2. The molecule has 4 aliphatic carbocycles. The smallest absolute Gasteiger partial charge is 0.306 e. The van der Waals surface area contributed by atoms with Crippen LogP contribution in [-0.2, 0) is 65.2 Å². The van der Waals surface area contributed by atoms with Crippen LogP contribution in [0.2, 0.25) is 0 Å². The number of fused-ring (bicyclic) bond motifs is 3. The molecule has 10 unspecified atom stereocenters. The topological polar surface area (TPSA) is 267 Å². The molecule has 21 heteroatoms. The Morgan fingerprint density at radius 2 is 1.65 bits per heavy atom. The fourth-order valence-corrected chi connectivity index (χ4v) is 10.9. The molecule has 1 heterocycles. The molecule has 4 saturated carbocycles. The Morgan fingerprint density at radius 3 is 2.29 bits per heavy atom. The van der Waals surface area contributed by atoms with Gasteiger partial charge in [-0.2, -0.15) is 0 Å². The van der Waals surface area contributed by atoms with Gasteiger partial charge in [0.2, 0.25) is 0 Å². The van der Waals surface area contributed by atoms with Crippen molar-refractivity contribution in [2.75, 3.05) is 6.61 Å². The molecule has 19 nitrogen and oxygen atoms in total. The molecule has 0 aromatic rings. The Labute approximate surface area is 326 Å². The van der Waals surface area contributed by atoms with Gasteiger partial charge >= 0.3 is 23.9 Å². The van der Waals surface area contributed by atoms with Gasteiger partial charge in [-0.1, -0.05) is 27.4 Å². The zero-order valence-electron chi connectivity index (χ0n) is 30.6. The number of carboxylic acids is 2. The average Bonchev–Trinajstić information content (AvgIpc) is 3.29. The lowest BCUT2D eigenvalue weighted by Crippen LogP contribution is -2.63. The van der Waals surface area contributed by atoms with E-state index in [9.17, 15) is 39.9 Å². The summed E-state index contributed by atoms with van der Waals surface area (Å²) in [6.07, 6.45) is -5.98. The van der Waals surface area contributed by atoms with Crippen molar-refractivity contribution in [2.45, 2.75) is 128 Å². The summed E-state index contributed by atoms with van der Waals surface area (Å²) in [4.78, 5) is 49.7. The van der Waals surface area contributed by atoms with E-state index in [4.69, 9.17) is 32.4 Å². The van der Waals surface area contributed by atoms with Gasteiger partial charge in [-0.05, 0) is 79.6 Å². The molecule has 1 spiro atoms. The minimum atomic E-state index is -1.55. The lowest BCUT2D eigenvalue weighted by Gasteiger charge is -2.62. The number of rotatable bonds is 19. The van der Waals surface area contributed by atoms with Crippen molar-refractivity contribution >= 4 is 48.5 Å². The number of ether oxygens (including phenoxy) is 4. The average molecular weight is 825 g/mol. The largest absolute Gasteiger partial charge is 0.691 e. The normalized spacial score (nSPS) is 38.2. The van der Waals surface area contributed by atoms with Crippen LogP contribution < -0.4 is 10.5 Å². The third-order valence-electron chi connectivity index (χ3n) is 12.2. The van der Waals surface area contributed by atoms with Crippen LogP contribution in [0.5, 0.6) is 0 Å². The van der Waals surface area contributed by atoms with E-state index in [-0.39, 0.29) is 61.2 Å². The highest BCUT2D eigenvalue weighted by Gasteiger charge is 2.67. The van der Waals surface area contributed by atoms with E-state index >= 15 is 0 Å². The second-order valence-corrected chi connectivity index (χ2v) is 16.7. The van der Waals surface area contributed by atoms with Gasteiger partial charge in [0.15, 0.2) is 37.0 Å². The second-order valence-electron chi connectivity index (χ2n) is 15.7. The number of hydrogen-bond acceptors (Lipinski definition) is 19. The van der Waals surface area contributed by atoms with Crippen molar-refractivity contribution < 1.29 is 91.1 Å². The molecule has 3 N–H and O–H groups in total. The van der Waals surface area contributed by atoms with Crippen molar-refractivity contribution in [3.8, 4) is 0 Å². The van der Waals surface area contributed by atoms with E-state index in [1.54, 1.807) is 13.8 Å². The SMILES string of the molecule is C=C1C2CCC3C4(C)CC(OC5O[C@H](COC(=O)CCC(=O)O)[C@@H](OSOO[O-])C(OSOO[O-])C5OC(=O)CC(C)C)CC(C(=O)O)C4CCC3(C2)[C@H]1O. The van der Waals surface area contributed by atoms with Gasteiger partial charge < -0.3 is 44.8 Å². The molecule has 0 aromatic carbocycles. The number of carbonyl (C=O) groups is 4. The van der Waals surface area contributed by atoms with Crippen molar-refractivity contribution in [3.63, 3.8) is 0 Å². The van der Waals surface area contributed by atoms with Crippen molar-refractivity contribution in [1.29, 1.82) is 0 Å². The van der Waals surface area contributed by atoms with Crippen molar-refractivity contribution in [3.05, 3.63) is 12.2 Å². The van der Waals surface area contributed by atoms with Crippen LogP contribution >= 0.6 is 24.6 Å². The monoisotopic (exact) mass is 824 g/mol. The van der Waals surface area contributed by atoms with Gasteiger partial charge in [0, 0.05) is 11.8 Å². The third-order valence-corrected chi connectivity index (χ3v) is 13.0. The molecule has 1 aliphatic heterocycles. The molecule has 2 bridgehead atoms. The minimum Gasteiger partial charge on any atom is -0.691 e. The van der Waals surface area contributed by atoms with Gasteiger partial charge in [-0.3, -0.25) is 37.6 Å². The van der Waals surface area contributed by atoms with Gasteiger partial charge in [-0.15, -0.1) is 8.67 Å². The number of hydrogen-bond donors (Lipinski definition) is 3. The zero-order chi connectivity index (χ0) is 40.1. The Bertz CT molecular complexity index is 1390. The van der Waals surface area contributed by atoms with E-state index in [0.717, 1.165) is 24.8 Å². The number of esters is 2. The first-order chi connectivity index (χ1) is 26.1. The van der Waals surface area contributed by atoms with Crippen molar-refractivity contribution in [1.82, 2.24) is 0 Å². The van der Waals surface area contributed by atoms with Gasteiger partial charge in [0.05, 0.1) is 31.0 Å². The Kier molecular flexibility index (Phi) is 15.3. The van der Waals surface area contributed by atoms with Gasteiger partial charge in [0.1, 0.15) is 24.9 Å². The molecule has 0 radical (unpaired) electrons. The molecule has 312 valence electrons. The predicted molar refractivity (Wildman–Crippen MR) is 180 cm³/mol. The Morgan fingerprint density at radius 1 is 0.964 bits per heavy atom. The number of aliphatic hydroxyl groups excluding tert-OH is 1. The summed E-state index contributed by atoms with van der Waals surface area (Å²) < 4.78 is 43.9. The summed E-state index contributed by atoms with van der Waals surface area (Å²) in [6.45, 7) is 9.22. The third kappa shape index (κ3) is 9.78. The lowest BCUT2D eigenvalue weighted by atomic mass is 9.43. The first kappa shape index (κ1) is 44.0. The lowest BCUT2D eigenvalue weighted by molar-refractivity contribution is -0.778. The molecule has 5 aliphatic rings. The van der Waals surface area contributed by atoms with E-state index in [1.165, 1.54) is 0 Å². The van der Waals surface area contributed by atoms with Crippen LogP contribution in [0.3, 0.4) is 0 Å². The quantitative estimate of drug-likeness (QED) is 0.0320. The minimum absolute atomic E-state index is 0.0255. The fraction of sp³-hybridized carbons (Fsp3) is 0.824. The number of carboxylic acid groups (broad SMARTS) is 2. The van der Waals surface area contributed by atoms with Crippen LogP contribution in [0.4, 0.5) is 0 Å². The molecule has 0 amide bonds. The van der Waals surface area contributed by atoms with E-state index in [1.807, 2.05) is 0 Å². The van der Waals surface area contributed by atoms with E-state index in [0.29, 0.717) is 19.3 Å². The second kappa shape index (κ2) is 19.1. The number of aliphatic carboxylic acids is 2. The van der Waals surface area contributed by atoms with Crippen LogP contribution in [-0.4, -0.2) is 88.7 Å². The molecular formula is C34H48O19S2-2. The molecule has 0 aromatic heterocycles. The number of aliphatic hydroxyl groups is 1. The summed E-state index contributed by atoms with van der Waals surface area (Å²) in [7, 11) is 0. The van der Waals surface area contributed by atoms with E-state index < -0.39 is 103 Å². The summed E-state index contributed by atoms with van der Waals surface area (Å²) in [6, 6.07) is 0. The van der Waals surface area contributed by atoms with Crippen molar-refractivity contribution in [2.24, 2.45) is 40.4 Å². The summed E-state index contributed by atoms with van der Waals surface area (Å²) >= 11 is 0.0544. The molecule has 13 atom stereocenters. The maximum atomic E-state index is 13.2. The Hall–Kier alpha value is -2.12. The summed E-state index contributed by atoms with van der Waals surface area (Å²) in [5, 5.41) is 59.2. The molecule has 5 fully saturated rings. The van der Waals surface area contributed by atoms with Gasteiger partial charge in [-0.25, -0.2) is 0 Å². The Balaban J connectivity index is 1.48. The fourth-order valence-electron chi connectivity index (χ4n) is 10.1. The summed E-state index contributed by atoms with van der Waals surface area (Å²) in [5.74, 6) is -4.93. The molecular weight excluding hydrogens is 776 g/mol. The molecule has 5 rings (SSSR count). The standard InChI is InChI=1S/C34H50O19S2/c1-16(2)11-26(38)47-29-28(49-55-53-51-43)27(48-54-52-50-42)22(15-44-25(37)8-7-24(35)36)46-32(29)45-19-12-20(31(40)41)21-9-10-34-13-18(17(3)30(34)39)5-6-23(34)33(21,4)14-19/h16,18-23,27-30,32,39,42-43H,3,5-15H2,1-2,4H3,(H,35,36)(H,40,41)/p-2/t18?,19?,20?,21?,22-,23?,27-,28?,29?,30+,32?,33?,34?/m1/s1. The molecule has 1 saturated heterocycles.